The number of carbonyl (C=O) groups is 8. The molecule has 8 amide bonds. The van der Waals surface area contributed by atoms with E-state index >= 15 is 0 Å². The Morgan fingerprint density at radius 2 is 0.491 bits per heavy atom. The molecule has 20 heteroatoms. The van der Waals surface area contributed by atoms with E-state index in [-0.39, 0.29) is 26.2 Å². The lowest BCUT2D eigenvalue weighted by atomic mass is 9.86. The van der Waals surface area contributed by atoms with Gasteiger partial charge in [-0.25, -0.2) is 19.2 Å². The maximum Gasteiger partial charge on any atom is 0.408 e. The van der Waals surface area contributed by atoms with Crippen LogP contribution in [0.5, 0.6) is 0 Å². The maximum atomic E-state index is 12.8. The topological polar surface area (TPSA) is 270 Å². The predicted molar refractivity (Wildman–Crippen MR) is 191 cm³/mol. The molecule has 0 aromatic heterocycles. The van der Waals surface area contributed by atoms with E-state index < -0.39 is 102 Å². The predicted octanol–water partition coefficient (Wildman–Crippen LogP) is 0.536. The summed E-state index contributed by atoms with van der Waals surface area (Å²) in [4.78, 5) is 99.6. The number of ether oxygens (including phenoxy) is 4. The fraction of sp³-hybridized carbons (Fsp3) is 0.758. The second-order valence-electron chi connectivity index (χ2n) is 16.0. The summed E-state index contributed by atoms with van der Waals surface area (Å²) >= 11 is 0. The molecule has 0 radical (unpaired) electrons. The van der Waals surface area contributed by atoms with E-state index in [4.69, 9.17) is 18.9 Å². The molecule has 0 unspecified atom stereocenters. The summed E-state index contributed by atoms with van der Waals surface area (Å²) in [6.45, 7) is 16.5. The molecule has 0 atom stereocenters. The molecular weight excluding hydrogens is 700 g/mol. The standard InChI is InChI=1S/C33H60N8O12/c1-29(2,3)50-25(46)34-13-21(42)38-17-33(18-39-22(43)14-35-26(47)51-30(4,5)6,19-40-23(44)15-36-27(48)52-31(7,8)9)20-41-24(45)16-37-28(49)53-32(10,11)12/h13-20H2,1-12H3,(H,34,46)(H,35,47)(H,36,48)(H,37,49)(H,38,42)(H,39,43)(H,40,44)(H,41,45). The number of hydrogen-bond acceptors (Lipinski definition) is 12. The lowest BCUT2D eigenvalue weighted by Gasteiger charge is -2.35. The molecule has 0 heterocycles. The van der Waals surface area contributed by atoms with Gasteiger partial charge in [-0.1, -0.05) is 0 Å². The summed E-state index contributed by atoms with van der Waals surface area (Å²) in [5.41, 5.74) is -4.66. The molecule has 0 rings (SSSR count). The highest BCUT2D eigenvalue weighted by molar-refractivity contribution is 5.84. The van der Waals surface area contributed by atoms with Gasteiger partial charge in [-0.05, 0) is 83.1 Å². The minimum atomic E-state index is -1.38. The fourth-order valence-corrected chi connectivity index (χ4v) is 3.64. The third kappa shape index (κ3) is 27.3. The summed E-state index contributed by atoms with van der Waals surface area (Å²) < 4.78 is 20.6. The van der Waals surface area contributed by atoms with Crippen molar-refractivity contribution in [3.63, 3.8) is 0 Å². The van der Waals surface area contributed by atoms with Gasteiger partial charge in [0.25, 0.3) is 0 Å². The van der Waals surface area contributed by atoms with Crippen LogP contribution < -0.4 is 42.5 Å². The molecule has 0 aromatic carbocycles. The molecule has 0 saturated heterocycles. The Morgan fingerprint density at radius 3 is 0.642 bits per heavy atom. The van der Waals surface area contributed by atoms with Crippen molar-refractivity contribution in [2.24, 2.45) is 5.41 Å². The zero-order valence-electron chi connectivity index (χ0n) is 33.1. The first-order valence-corrected chi connectivity index (χ1v) is 16.9. The van der Waals surface area contributed by atoms with Crippen molar-refractivity contribution in [2.75, 3.05) is 52.4 Å². The molecule has 0 aliphatic rings. The first-order valence-electron chi connectivity index (χ1n) is 16.9. The number of rotatable bonds is 16. The maximum absolute atomic E-state index is 12.8. The number of alkyl carbamates (subject to hydrolysis) is 4. The zero-order valence-corrected chi connectivity index (χ0v) is 33.1. The van der Waals surface area contributed by atoms with E-state index in [1.165, 1.54) is 0 Å². The average Bonchev–Trinajstić information content (AvgIpc) is 2.96. The molecule has 0 fully saturated rings. The van der Waals surface area contributed by atoms with Gasteiger partial charge in [0, 0.05) is 31.6 Å². The van der Waals surface area contributed by atoms with E-state index in [1.807, 2.05) is 0 Å². The number of carbonyl (C=O) groups excluding carboxylic acids is 8. The van der Waals surface area contributed by atoms with Crippen molar-refractivity contribution in [1.29, 1.82) is 0 Å². The SMILES string of the molecule is CC(C)(C)OC(=O)NCC(=O)NCC(CNC(=O)CNC(=O)OC(C)(C)C)(CNC(=O)CNC(=O)OC(C)(C)C)CNC(=O)CNC(=O)OC(C)(C)C. The average molecular weight is 761 g/mol. The minimum absolute atomic E-state index is 0.304. The number of amides is 8. The molecule has 8 N–H and O–H groups in total. The molecule has 53 heavy (non-hydrogen) atoms. The van der Waals surface area contributed by atoms with Gasteiger partial charge in [-0.2, -0.15) is 0 Å². The van der Waals surface area contributed by atoms with Crippen LogP contribution in [0, 0.1) is 5.41 Å². The highest BCUT2D eigenvalue weighted by atomic mass is 16.6. The second kappa shape index (κ2) is 20.9. The third-order valence-electron chi connectivity index (χ3n) is 5.81. The summed E-state index contributed by atoms with van der Waals surface area (Å²) in [5.74, 6) is -2.74. The Morgan fingerprint density at radius 1 is 0.321 bits per heavy atom. The van der Waals surface area contributed by atoms with E-state index in [2.05, 4.69) is 42.5 Å². The molecule has 0 bridgehead atoms. The van der Waals surface area contributed by atoms with Gasteiger partial charge in [0.15, 0.2) is 0 Å². The summed E-state index contributed by atoms with van der Waals surface area (Å²) in [5, 5.41) is 19.7. The lowest BCUT2D eigenvalue weighted by molar-refractivity contribution is -0.121. The van der Waals surface area contributed by atoms with Gasteiger partial charge >= 0.3 is 24.4 Å². The minimum Gasteiger partial charge on any atom is -0.444 e. The Balaban J connectivity index is 6.09. The van der Waals surface area contributed by atoms with Gasteiger partial charge in [0.2, 0.25) is 23.6 Å². The van der Waals surface area contributed by atoms with Crippen molar-refractivity contribution in [1.82, 2.24) is 42.5 Å². The monoisotopic (exact) mass is 760 g/mol. The van der Waals surface area contributed by atoms with Gasteiger partial charge in [-0.3, -0.25) is 19.2 Å². The van der Waals surface area contributed by atoms with Crippen molar-refractivity contribution in [2.45, 2.75) is 105 Å². The molecule has 0 aromatic rings. The largest absolute Gasteiger partial charge is 0.444 e. The molecular formula is C33H60N8O12. The Labute approximate surface area is 311 Å². The third-order valence-corrected chi connectivity index (χ3v) is 5.81. The van der Waals surface area contributed by atoms with Crippen LogP contribution in [0.4, 0.5) is 19.2 Å². The van der Waals surface area contributed by atoms with Gasteiger partial charge < -0.3 is 61.5 Å². The summed E-state index contributed by atoms with van der Waals surface area (Å²) in [7, 11) is 0. The molecule has 0 spiro atoms. The Bertz CT molecular complexity index is 1100. The summed E-state index contributed by atoms with van der Waals surface area (Å²) in [6.07, 6.45) is -3.40. The van der Waals surface area contributed by atoms with Gasteiger partial charge in [0.05, 0.1) is 26.2 Å². The normalized spacial score (nSPS) is 11.8. The number of hydrogen-bond donors (Lipinski definition) is 8. The van der Waals surface area contributed by atoms with E-state index in [0.717, 1.165) is 0 Å². The highest BCUT2D eigenvalue weighted by Crippen LogP contribution is 2.14. The zero-order chi connectivity index (χ0) is 41.3. The van der Waals surface area contributed by atoms with E-state index in [1.54, 1.807) is 83.1 Å². The van der Waals surface area contributed by atoms with Crippen LogP contribution in [-0.4, -0.2) is 123 Å². The van der Waals surface area contributed by atoms with Gasteiger partial charge in [0.1, 0.15) is 22.4 Å². The van der Waals surface area contributed by atoms with Gasteiger partial charge in [-0.15, -0.1) is 0 Å². The smallest absolute Gasteiger partial charge is 0.408 e. The fourth-order valence-electron chi connectivity index (χ4n) is 3.64. The van der Waals surface area contributed by atoms with Crippen molar-refractivity contribution in [3.8, 4) is 0 Å². The highest BCUT2D eigenvalue weighted by Gasteiger charge is 2.33. The second-order valence-corrected chi connectivity index (χ2v) is 16.0. The molecule has 0 aliphatic carbocycles. The van der Waals surface area contributed by atoms with Crippen molar-refractivity contribution in [3.05, 3.63) is 0 Å². The van der Waals surface area contributed by atoms with E-state index in [9.17, 15) is 38.4 Å². The van der Waals surface area contributed by atoms with Crippen LogP contribution in [0.15, 0.2) is 0 Å². The van der Waals surface area contributed by atoms with Crippen LogP contribution in [-0.2, 0) is 38.1 Å². The van der Waals surface area contributed by atoms with Crippen LogP contribution in [0.25, 0.3) is 0 Å². The van der Waals surface area contributed by atoms with E-state index in [0.29, 0.717) is 0 Å². The first-order chi connectivity index (χ1) is 24.0. The van der Waals surface area contributed by atoms with Crippen LogP contribution in [0.1, 0.15) is 83.1 Å². The van der Waals surface area contributed by atoms with Crippen LogP contribution >= 0.6 is 0 Å². The Hall–Kier alpha value is -5.04. The van der Waals surface area contributed by atoms with Crippen LogP contribution in [0.2, 0.25) is 0 Å². The van der Waals surface area contributed by atoms with Crippen molar-refractivity contribution < 1.29 is 57.3 Å². The number of nitrogens with one attached hydrogen (secondary N) is 8. The summed E-state index contributed by atoms with van der Waals surface area (Å²) in [6, 6.07) is 0. The molecule has 304 valence electrons. The molecule has 0 aliphatic heterocycles. The Kier molecular flexibility index (Phi) is 18.9. The molecule has 20 nitrogen and oxygen atoms in total. The lowest BCUT2D eigenvalue weighted by Crippen LogP contribution is -2.59. The molecule has 0 saturated carbocycles. The first kappa shape index (κ1) is 48.0. The quantitative estimate of drug-likeness (QED) is 0.100. The van der Waals surface area contributed by atoms with Crippen molar-refractivity contribution >= 4 is 48.0 Å². The van der Waals surface area contributed by atoms with Crippen LogP contribution in [0.3, 0.4) is 0 Å².